The van der Waals surface area contributed by atoms with Gasteiger partial charge in [0.2, 0.25) is 5.91 Å². The van der Waals surface area contributed by atoms with Crippen LogP contribution in [0.4, 0.5) is 13.2 Å². The molecule has 41 heavy (non-hydrogen) atoms. The van der Waals surface area contributed by atoms with Gasteiger partial charge in [-0.15, -0.1) is 0 Å². The van der Waals surface area contributed by atoms with Crippen LogP contribution in [0.3, 0.4) is 0 Å². The van der Waals surface area contributed by atoms with Crippen molar-refractivity contribution >= 4 is 23.4 Å². The van der Waals surface area contributed by atoms with Crippen LogP contribution in [-0.4, -0.2) is 59.5 Å². The first kappa shape index (κ1) is 27.2. The third kappa shape index (κ3) is 5.04. The molecule has 1 unspecified atom stereocenters. The third-order valence-electron chi connectivity index (χ3n) is 8.55. The van der Waals surface area contributed by atoms with E-state index in [2.05, 4.69) is 15.5 Å². The monoisotopic (exact) mass is 573 g/mol. The van der Waals surface area contributed by atoms with Crippen molar-refractivity contribution in [3.05, 3.63) is 47.7 Å². The summed E-state index contributed by atoms with van der Waals surface area (Å²) in [4.78, 5) is 42.7. The summed E-state index contributed by atoms with van der Waals surface area (Å²) in [6.07, 6.45) is 1.35. The van der Waals surface area contributed by atoms with Crippen molar-refractivity contribution in [2.45, 2.75) is 70.3 Å². The first-order chi connectivity index (χ1) is 19.5. The van der Waals surface area contributed by atoms with Gasteiger partial charge < -0.3 is 15.7 Å². The summed E-state index contributed by atoms with van der Waals surface area (Å²) in [6, 6.07) is 2.08. The van der Waals surface area contributed by atoms with Gasteiger partial charge in [-0.3, -0.25) is 19.1 Å². The Balaban J connectivity index is 1.31. The summed E-state index contributed by atoms with van der Waals surface area (Å²) in [6.45, 7) is 2.44. The molecule has 6 rings (SSSR count). The minimum Gasteiger partial charge on any atom is -0.480 e. The maximum Gasteiger partial charge on any atom is 0.408 e. The number of alkyl halides is 3. The van der Waals surface area contributed by atoms with Crippen molar-refractivity contribution in [1.29, 1.82) is 0 Å². The van der Waals surface area contributed by atoms with Gasteiger partial charge in [0.15, 0.2) is 11.1 Å². The molecule has 3 N–H and O–H groups in total. The lowest BCUT2D eigenvalue weighted by Gasteiger charge is -2.27. The fraction of sp³-hybridized carbons (Fsp3) is 0.556. The molecular formula is C27H30F3N7O4. The normalized spacial score (nSPS) is 23.6. The molecule has 3 fully saturated rings. The number of carbonyl (C=O) groups is 3. The molecular weight excluding hydrogens is 543 g/mol. The number of amides is 2. The number of halogens is 3. The minimum atomic E-state index is -4.77. The Morgan fingerprint density at radius 1 is 1.20 bits per heavy atom. The van der Waals surface area contributed by atoms with E-state index >= 15 is 0 Å². The van der Waals surface area contributed by atoms with E-state index in [4.69, 9.17) is 4.98 Å². The van der Waals surface area contributed by atoms with Gasteiger partial charge in [0.25, 0.3) is 5.91 Å². The topological polar surface area (TPSA) is 144 Å². The third-order valence-corrected chi connectivity index (χ3v) is 8.55. The Hall–Kier alpha value is -3.97. The van der Waals surface area contributed by atoms with Gasteiger partial charge in [-0.2, -0.15) is 23.4 Å². The summed E-state index contributed by atoms with van der Waals surface area (Å²) < 4.78 is 43.0. The molecule has 14 heteroatoms. The van der Waals surface area contributed by atoms with E-state index in [-0.39, 0.29) is 17.5 Å². The molecule has 2 amide bonds. The zero-order valence-corrected chi connectivity index (χ0v) is 22.3. The van der Waals surface area contributed by atoms with E-state index in [0.717, 1.165) is 25.7 Å². The Kier molecular flexibility index (Phi) is 6.53. The van der Waals surface area contributed by atoms with Crippen molar-refractivity contribution in [3.8, 4) is 0 Å². The second-order valence-electron chi connectivity index (χ2n) is 11.4. The number of nitrogens with zero attached hydrogens (tertiary/aromatic N) is 5. The fourth-order valence-electron chi connectivity index (χ4n) is 6.14. The van der Waals surface area contributed by atoms with Crippen LogP contribution in [0, 0.1) is 23.2 Å². The number of nitrogens with one attached hydrogen (secondary N) is 2. The molecule has 0 aromatic carbocycles. The second kappa shape index (κ2) is 9.84. The van der Waals surface area contributed by atoms with Crippen LogP contribution in [0.2, 0.25) is 0 Å². The number of aromatic nitrogens is 5. The molecule has 2 aliphatic carbocycles. The Labute approximate surface area is 232 Å². The lowest BCUT2D eigenvalue weighted by molar-refractivity contribution is -0.158. The molecule has 3 aliphatic rings. The number of aryl methyl sites for hydroxylation is 1. The highest BCUT2D eigenvalue weighted by Crippen LogP contribution is 2.54. The van der Waals surface area contributed by atoms with Crippen molar-refractivity contribution in [2.24, 2.45) is 23.2 Å². The predicted octanol–water partition coefficient (Wildman–Crippen LogP) is 2.92. The van der Waals surface area contributed by atoms with Crippen molar-refractivity contribution < 1.29 is 32.7 Å². The molecule has 3 aromatic rings. The molecule has 0 bridgehead atoms. The molecule has 3 aromatic heterocycles. The highest BCUT2D eigenvalue weighted by Gasteiger charge is 2.59. The van der Waals surface area contributed by atoms with E-state index in [9.17, 15) is 32.7 Å². The molecule has 0 radical (unpaired) electrons. The second-order valence-corrected chi connectivity index (χ2v) is 11.4. The molecule has 11 nitrogen and oxygen atoms in total. The van der Waals surface area contributed by atoms with Crippen LogP contribution in [0.1, 0.15) is 66.9 Å². The highest BCUT2D eigenvalue weighted by molar-refractivity contribution is 6.04. The Bertz CT molecular complexity index is 1500. The maximum atomic E-state index is 13.4. The van der Waals surface area contributed by atoms with Gasteiger partial charge in [-0.05, 0) is 68.6 Å². The zero-order valence-electron chi connectivity index (χ0n) is 22.3. The minimum absolute atomic E-state index is 0.134. The van der Waals surface area contributed by atoms with E-state index in [1.165, 1.54) is 10.6 Å². The SMILES string of the molecule is CCn1nccc1C(=O)N[C@H](c1cn2nc(CC3(C(=O)O)C[C@@H](C(F)(F)F)NC3=O)ccc2n1)C(C1CC1)C1CC1. The number of hydrogen-bond donors (Lipinski definition) is 3. The maximum absolute atomic E-state index is 13.4. The number of carboxylic acid groups (broad SMARTS) is 1. The summed E-state index contributed by atoms with van der Waals surface area (Å²) in [5, 5.41) is 23.4. The largest absolute Gasteiger partial charge is 0.480 e. The van der Waals surface area contributed by atoms with Gasteiger partial charge >= 0.3 is 12.1 Å². The van der Waals surface area contributed by atoms with Gasteiger partial charge in [-0.1, -0.05) is 0 Å². The van der Waals surface area contributed by atoms with E-state index in [0.29, 0.717) is 35.4 Å². The quantitative estimate of drug-likeness (QED) is 0.317. The molecule has 3 atom stereocenters. The van der Waals surface area contributed by atoms with Gasteiger partial charge in [0.1, 0.15) is 11.7 Å². The van der Waals surface area contributed by atoms with Crippen LogP contribution >= 0.6 is 0 Å². The van der Waals surface area contributed by atoms with Gasteiger partial charge in [-0.25, -0.2) is 9.50 Å². The van der Waals surface area contributed by atoms with Crippen molar-refractivity contribution in [2.75, 3.05) is 0 Å². The molecule has 2 saturated carbocycles. The predicted molar refractivity (Wildman–Crippen MR) is 136 cm³/mol. The van der Waals surface area contributed by atoms with Crippen LogP contribution < -0.4 is 10.6 Å². The number of aliphatic carboxylic acids is 1. The van der Waals surface area contributed by atoms with Crippen LogP contribution in [0.25, 0.3) is 5.65 Å². The summed E-state index contributed by atoms with van der Waals surface area (Å²) in [5.41, 5.74) is -0.696. The summed E-state index contributed by atoms with van der Waals surface area (Å²) in [7, 11) is 0. The number of fused-ring (bicyclic) bond motifs is 1. The Morgan fingerprint density at radius 3 is 2.49 bits per heavy atom. The molecule has 0 spiro atoms. The zero-order chi connectivity index (χ0) is 29.1. The van der Waals surface area contributed by atoms with Crippen LogP contribution in [-0.2, 0) is 22.6 Å². The summed E-state index contributed by atoms with van der Waals surface area (Å²) >= 11 is 0. The van der Waals surface area contributed by atoms with Crippen LogP contribution in [0.5, 0.6) is 0 Å². The van der Waals surface area contributed by atoms with Gasteiger partial charge in [0, 0.05) is 25.6 Å². The van der Waals surface area contributed by atoms with Gasteiger partial charge in [0.05, 0.1) is 23.6 Å². The molecule has 1 saturated heterocycles. The van der Waals surface area contributed by atoms with Crippen molar-refractivity contribution in [3.63, 3.8) is 0 Å². The molecule has 4 heterocycles. The number of carbonyl (C=O) groups excluding carboxylic acids is 2. The lowest BCUT2D eigenvalue weighted by atomic mass is 9.80. The number of carboxylic acids is 1. The van der Waals surface area contributed by atoms with E-state index in [1.807, 2.05) is 6.92 Å². The standard InChI is InChI=1S/C27H30F3N7O4/c1-2-36-18(9-10-31-36)23(38)34-22(21(14-3-4-14)15-5-6-15)17-13-37-20(32-17)8-7-16(35-37)11-26(25(40)41)12-19(27(28,29)30)33-24(26)39/h7-10,13-15,19,21-22H,2-6,11-12H2,1H3,(H,33,39)(H,34,38)(H,40,41)/t19-,22+,26?/m0/s1. The molecule has 1 aliphatic heterocycles. The fourth-order valence-corrected chi connectivity index (χ4v) is 6.14. The molecule has 218 valence electrons. The van der Waals surface area contributed by atoms with Crippen molar-refractivity contribution in [1.82, 2.24) is 35.0 Å². The van der Waals surface area contributed by atoms with E-state index < -0.39 is 48.4 Å². The summed E-state index contributed by atoms with van der Waals surface area (Å²) in [5.74, 6) is -1.96. The van der Waals surface area contributed by atoms with E-state index in [1.54, 1.807) is 34.5 Å². The number of hydrogen-bond acceptors (Lipinski definition) is 6. The average molecular weight is 574 g/mol. The number of rotatable bonds is 10. The Morgan fingerprint density at radius 2 is 1.90 bits per heavy atom. The highest BCUT2D eigenvalue weighted by atomic mass is 19.4. The first-order valence-corrected chi connectivity index (χ1v) is 13.8. The number of imidazole rings is 1. The first-order valence-electron chi connectivity index (χ1n) is 13.8. The lowest BCUT2D eigenvalue weighted by Crippen LogP contribution is -2.41. The smallest absolute Gasteiger partial charge is 0.408 e. The van der Waals surface area contributed by atoms with Crippen LogP contribution in [0.15, 0.2) is 30.6 Å². The average Bonchev–Trinajstić information content (AvgIpc) is 3.81.